The zero-order chi connectivity index (χ0) is 14.0. The fraction of sp³-hybridized carbons (Fsp3) is 0. The van der Waals surface area contributed by atoms with E-state index >= 15 is 0 Å². The second-order valence-corrected chi connectivity index (χ2v) is 4.64. The molecule has 2 aromatic rings. The summed E-state index contributed by atoms with van der Waals surface area (Å²) >= 11 is 9.78. The van der Waals surface area contributed by atoms with Crippen LogP contribution in [0, 0.1) is 11.6 Å². The molecule has 0 aliphatic carbocycles. The van der Waals surface area contributed by atoms with Gasteiger partial charge in [-0.2, -0.15) is 0 Å². The predicted octanol–water partition coefficient (Wildman–Crippen LogP) is 4.16. The lowest BCUT2D eigenvalue weighted by Gasteiger charge is -2.09. The summed E-state index contributed by atoms with van der Waals surface area (Å²) in [7, 11) is 0. The van der Waals surface area contributed by atoms with Gasteiger partial charge in [-0.15, -0.1) is 12.6 Å². The van der Waals surface area contributed by atoms with Crippen molar-refractivity contribution >= 4 is 35.8 Å². The average molecular weight is 300 g/mol. The van der Waals surface area contributed by atoms with Crippen molar-refractivity contribution < 1.29 is 13.6 Å². The first-order valence-electron chi connectivity index (χ1n) is 5.23. The van der Waals surface area contributed by atoms with Crippen LogP contribution in [0.25, 0.3) is 0 Å². The molecule has 6 heteroatoms. The Balaban J connectivity index is 2.34. The van der Waals surface area contributed by atoms with Gasteiger partial charge in [0.15, 0.2) is 0 Å². The lowest BCUT2D eigenvalue weighted by Crippen LogP contribution is -2.15. The molecule has 2 rings (SSSR count). The van der Waals surface area contributed by atoms with E-state index in [2.05, 4.69) is 17.9 Å². The number of carbonyl (C=O) groups excluding carboxylic acids is 1. The van der Waals surface area contributed by atoms with E-state index < -0.39 is 17.5 Å². The van der Waals surface area contributed by atoms with Crippen LogP contribution >= 0.6 is 24.2 Å². The number of halogens is 3. The van der Waals surface area contributed by atoms with E-state index in [-0.39, 0.29) is 16.3 Å². The van der Waals surface area contributed by atoms with Gasteiger partial charge in [-0.05, 0) is 30.3 Å². The minimum absolute atomic E-state index is 0.0378. The molecule has 0 radical (unpaired) electrons. The number of hydrogen-bond donors (Lipinski definition) is 2. The monoisotopic (exact) mass is 299 g/mol. The van der Waals surface area contributed by atoms with Gasteiger partial charge in [0.1, 0.15) is 11.6 Å². The smallest absolute Gasteiger partial charge is 0.258 e. The summed E-state index contributed by atoms with van der Waals surface area (Å²) in [6, 6.07) is 7.74. The van der Waals surface area contributed by atoms with Gasteiger partial charge in [0.05, 0.1) is 16.3 Å². The van der Waals surface area contributed by atoms with E-state index in [4.69, 9.17) is 11.6 Å². The Labute approximate surface area is 118 Å². The predicted molar refractivity (Wildman–Crippen MR) is 73.0 cm³/mol. The fourth-order valence-electron chi connectivity index (χ4n) is 1.49. The number of hydrogen-bond acceptors (Lipinski definition) is 2. The molecular weight excluding hydrogens is 292 g/mol. The van der Waals surface area contributed by atoms with Crippen LogP contribution in [0.5, 0.6) is 0 Å². The number of rotatable bonds is 2. The molecule has 0 unspecified atom stereocenters. The summed E-state index contributed by atoms with van der Waals surface area (Å²) in [4.78, 5) is 12.3. The van der Waals surface area contributed by atoms with Crippen LogP contribution in [0.2, 0.25) is 5.02 Å². The summed E-state index contributed by atoms with van der Waals surface area (Å²) in [5.74, 6) is -2.20. The Morgan fingerprint density at radius 2 is 1.89 bits per heavy atom. The van der Waals surface area contributed by atoms with Crippen molar-refractivity contribution in [1.29, 1.82) is 0 Å². The van der Waals surface area contributed by atoms with Gasteiger partial charge < -0.3 is 5.32 Å². The van der Waals surface area contributed by atoms with Crippen molar-refractivity contribution in [1.82, 2.24) is 0 Å². The first-order valence-corrected chi connectivity index (χ1v) is 6.05. The van der Waals surface area contributed by atoms with Gasteiger partial charge >= 0.3 is 0 Å². The summed E-state index contributed by atoms with van der Waals surface area (Å²) in [5, 5.41) is 2.28. The molecule has 2 aromatic carbocycles. The van der Waals surface area contributed by atoms with E-state index in [0.29, 0.717) is 4.90 Å². The number of carbonyl (C=O) groups is 1. The third-order valence-electron chi connectivity index (χ3n) is 2.40. The molecule has 0 aliphatic heterocycles. The van der Waals surface area contributed by atoms with Gasteiger partial charge in [0.2, 0.25) is 0 Å². The first kappa shape index (κ1) is 13.8. The van der Waals surface area contributed by atoms with Gasteiger partial charge in [-0.25, -0.2) is 8.78 Å². The zero-order valence-corrected chi connectivity index (χ0v) is 11.1. The summed E-state index contributed by atoms with van der Waals surface area (Å²) < 4.78 is 27.0. The standard InChI is InChI=1S/C13H8ClF2NOS/c14-9-2-1-3-11(16)12(9)17-13(18)8-6-7(19)4-5-10(8)15/h1-6,19H,(H,17,18). The summed E-state index contributed by atoms with van der Waals surface area (Å²) in [6.45, 7) is 0. The lowest BCUT2D eigenvalue weighted by atomic mass is 10.2. The van der Waals surface area contributed by atoms with E-state index in [1.54, 1.807) is 0 Å². The van der Waals surface area contributed by atoms with Crippen LogP contribution in [0.1, 0.15) is 10.4 Å². The minimum Gasteiger partial charge on any atom is -0.318 e. The Kier molecular flexibility index (Phi) is 4.07. The number of para-hydroxylation sites is 1. The normalized spacial score (nSPS) is 10.3. The van der Waals surface area contributed by atoms with E-state index in [0.717, 1.165) is 12.1 Å². The number of anilines is 1. The minimum atomic E-state index is -0.791. The van der Waals surface area contributed by atoms with Gasteiger partial charge in [0, 0.05) is 4.90 Å². The molecule has 0 saturated carbocycles. The molecular formula is C13H8ClF2NOS. The molecule has 0 heterocycles. The molecule has 19 heavy (non-hydrogen) atoms. The van der Waals surface area contributed by atoms with E-state index in [1.165, 1.54) is 24.3 Å². The molecule has 0 spiro atoms. The van der Waals surface area contributed by atoms with E-state index in [9.17, 15) is 13.6 Å². The molecule has 0 saturated heterocycles. The highest BCUT2D eigenvalue weighted by molar-refractivity contribution is 7.80. The molecule has 1 N–H and O–H groups in total. The highest BCUT2D eigenvalue weighted by Crippen LogP contribution is 2.25. The highest BCUT2D eigenvalue weighted by Gasteiger charge is 2.15. The number of benzene rings is 2. The van der Waals surface area contributed by atoms with Crippen LogP contribution in [0.4, 0.5) is 14.5 Å². The maximum atomic E-state index is 13.5. The molecule has 0 atom stereocenters. The quantitative estimate of drug-likeness (QED) is 0.801. The first-order chi connectivity index (χ1) is 8.99. The Bertz CT molecular complexity index is 628. The largest absolute Gasteiger partial charge is 0.318 e. The highest BCUT2D eigenvalue weighted by atomic mass is 35.5. The topological polar surface area (TPSA) is 29.1 Å². The van der Waals surface area contributed by atoms with Crippen molar-refractivity contribution in [3.8, 4) is 0 Å². The Morgan fingerprint density at radius 3 is 2.58 bits per heavy atom. The van der Waals surface area contributed by atoms with Crippen molar-refractivity contribution in [2.45, 2.75) is 4.90 Å². The van der Waals surface area contributed by atoms with Crippen LogP contribution < -0.4 is 5.32 Å². The van der Waals surface area contributed by atoms with Crippen molar-refractivity contribution in [2.75, 3.05) is 5.32 Å². The molecule has 2 nitrogen and oxygen atoms in total. The summed E-state index contributed by atoms with van der Waals surface area (Å²) in [5.41, 5.74) is -0.412. The van der Waals surface area contributed by atoms with Crippen LogP contribution in [0.15, 0.2) is 41.3 Å². The second kappa shape index (κ2) is 5.59. The van der Waals surface area contributed by atoms with Crippen LogP contribution in [-0.4, -0.2) is 5.91 Å². The van der Waals surface area contributed by atoms with Gasteiger partial charge in [-0.3, -0.25) is 4.79 Å². The Morgan fingerprint density at radius 1 is 1.16 bits per heavy atom. The third kappa shape index (κ3) is 3.05. The van der Waals surface area contributed by atoms with E-state index in [1.807, 2.05) is 0 Å². The molecule has 0 bridgehead atoms. The van der Waals surface area contributed by atoms with Crippen LogP contribution in [0.3, 0.4) is 0 Å². The van der Waals surface area contributed by atoms with Crippen molar-refractivity contribution in [3.05, 3.63) is 58.6 Å². The molecule has 0 fully saturated rings. The van der Waals surface area contributed by atoms with Crippen molar-refractivity contribution in [2.24, 2.45) is 0 Å². The number of nitrogens with one attached hydrogen (secondary N) is 1. The molecule has 1 amide bonds. The number of amides is 1. The van der Waals surface area contributed by atoms with Crippen LogP contribution in [-0.2, 0) is 0 Å². The summed E-state index contributed by atoms with van der Waals surface area (Å²) in [6.07, 6.45) is 0. The molecule has 0 aromatic heterocycles. The molecule has 98 valence electrons. The SMILES string of the molecule is O=C(Nc1c(F)cccc1Cl)c1cc(S)ccc1F. The van der Waals surface area contributed by atoms with Crippen molar-refractivity contribution in [3.63, 3.8) is 0 Å². The zero-order valence-electron chi connectivity index (χ0n) is 9.45. The second-order valence-electron chi connectivity index (χ2n) is 3.71. The maximum absolute atomic E-state index is 13.5. The van der Waals surface area contributed by atoms with Gasteiger partial charge in [0.25, 0.3) is 5.91 Å². The maximum Gasteiger partial charge on any atom is 0.258 e. The van der Waals surface area contributed by atoms with Gasteiger partial charge in [-0.1, -0.05) is 17.7 Å². The fourth-order valence-corrected chi connectivity index (χ4v) is 1.90. The lowest BCUT2D eigenvalue weighted by molar-refractivity contribution is 0.102. The number of thiol groups is 1. The Hall–Kier alpha value is -1.59. The average Bonchev–Trinajstić information content (AvgIpc) is 2.37. The molecule has 0 aliphatic rings. The third-order valence-corrected chi connectivity index (χ3v) is 2.99.